The number of carbonyl (C=O) groups excluding carboxylic acids is 1. The quantitative estimate of drug-likeness (QED) is 0.793. The Balaban J connectivity index is 1.47. The Kier molecular flexibility index (Phi) is 6.46. The maximum absolute atomic E-state index is 13.4. The van der Waals surface area contributed by atoms with Gasteiger partial charge in [-0.25, -0.2) is 12.8 Å². The van der Waals surface area contributed by atoms with E-state index in [2.05, 4.69) is 5.32 Å². The van der Waals surface area contributed by atoms with Gasteiger partial charge in [-0.3, -0.25) is 4.79 Å². The number of hydrogen-bond donors (Lipinski definition) is 1. The minimum Gasteiger partial charge on any atom is -0.326 e. The van der Waals surface area contributed by atoms with Crippen molar-refractivity contribution in [1.29, 1.82) is 0 Å². The fraction of sp³-hybridized carbons (Fsp3) is 0.381. The first kappa shape index (κ1) is 20.5. The van der Waals surface area contributed by atoms with Gasteiger partial charge in [-0.2, -0.15) is 4.31 Å². The molecule has 1 amide bonds. The van der Waals surface area contributed by atoms with E-state index >= 15 is 0 Å². The molecule has 2 aromatic rings. The van der Waals surface area contributed by atoms with Gasteiger partial charge >= 0.3 is 0 Å². The van der Waals surface area contributed by atoms with Gasteiger partial charge in [-0.05, 0) is 62.4 Å². The van der Waals surface area contributed by atoms with E-state index in [9.17, 15) is 17.6 Å². The molecule has 150 valence electrons. The number of nitrogens with one attached hydrogen (secondary N) is 1. The molecule has 1 aliphatic rings. The zero-order valence-electron chi connectivity index (χ0n) is 15.9. The molecule has 0 radical (unpaired) electrons. The van der Waals surface area contributed by atoms with Crippen LogP contribution in [-0.4, -0.2) is 31.7 Å². The summed E-state index contributed by atoms with van der Waals surface area (Å²) in [6.07, 6.45) is 2.54. The van der Waals surface area contributed by atoms with Gasteiger partial charge in [0.2, 0.25) is 15.9 Å². The second-order valence-electron chi connectivity index (χ2n) is 7.26. The van der Waals surface area contributed by atoms with Crippen molar-refractivity contribution in [2.45, 2.75) is 37.5 Å². The molecule has 5 nitrogen and oxygen atoms in total. The van der Waals surface area contributed by atoms with E-state index in [0.29, 0.717) is 38.3 Å². The smallest absolute Gasteiger partial charge is 0.243 e. The Bertz CT molecular complexity index is 921. The maximum Gasteiger partial charge on any atom is 0.243 e. The average Bonchev–Trinajstić information content (AvgIpc) is 2.68. The van der Waals surface area contributed by atoms with Crippen LogP contribution >= 0.6 is 0 Å². The Hall–Kier alpha value is -2.25. The number of sulfonamides is 1. The Labute approximate surface area is 165 Å². The van der Waals surface area contributed by atoms with Crippen LogP contribution in [0.25, 0.3) is 0 Å². The molecule has 0 atom stereocenters. The van der Waals surface area contributed by atoms with Crippen LogP contribution in [0.5, 0.6) is 0 Å². The van der Waals surface area contributed by atoms with Crippen LogP contribution in [-0.2, 0) is 14.8 Å². The van der Waals surface area contributed by atoms with E-state index in [1.807, 2.05) is 31.2 Å². The first-order valence-electron chi connectivity index (χ1n) is 9.47. The number of piperidine rings is 1. The van der Waals surface area contributed by atoms with E-state index < -0.39 is 15.8 Å². The summed E-state index contributed by atoms with van der Waals surface area (Å²) >= 11 is 0. The second-order valence-corrected chi connectivity index (χ2v) is 9.20. The van der Waals surface area contributed by atoms with Gasteiger partial charge in [0.15, 0.2) is 0 Å². The standard InChI is InChI=1S/C21H25FN2O3S/c1-16-5-8-19(9-6-16)23-21(25)10-7-17-11-13-24(14-12-17)28(26,27)20-4-2-3-18(22)15-20/h2-6,8-9,15,17H,7,10-14H2,1H3,(H,23,25). The van der Waals surface area contributed by atoms with E-state index in [-0.39, 0.29) is 10.8 Å². The van der Waals surface area contributed by atoms with Crippen LogP contribution < -0.4 is 5.32 Å². The summed E-state index contributed by atoms with van der Waals surface area (Å²) in [7, 11) is -3.67. The summed E-state index contributed by atoms with van der Waals surface area (Å²) in [5.74, 6) is -0.281. The molecule has 0 spiro atoms. The first-order chi connectivity index (χ1) is 13.3. The largest absolute Gasteiger partial charge is 0.326 e. The van der Waals surface area contributed by atoms with Gasteiger partial charge in [0, 0.05) is 25.2 Å². The zero-order chi connectivity index (χ0) is 20.1. The van der Waals surface area contributed by atoms with Gasteiger partial charge in [-0.1, -0.05) is 23.8 Å². The number of carbonyl (C=O) groups is 1. The summed E-state index contributed by atoms with van der Waals surface area (Å²) in [5.41, 5.74) is 1.92. The number of nitrogens with zero attached hydrogens (tertiary/aromatic N) is 1. The highest BCUT2D eigenvalue weighted by Gasteiger charge is 2.29. The van der Waals surface area contributed by atoms with Crippen LogP contribution in [0, 0.1) is 18.7 Å². The molecule has 1 fully saturated rings. The van der Waals surface area contributed by atoms with Crippen LogP contribution in [0.2, 0.25) is 0 Å². The van der Waals surface area contributed by atoms with Crippen LogP contribution in [0.15, 0.2) is 53.4 Å². The number of hydrogen-bond acceptors (Lipinski definition) is 3. The summed E-state index contributed by atoms with van der Waals surface area (Å²) in [6, 6.07) is 12.8. The summed E-state index contributed by atoms with van der Waals surface area (Å²) in [5, 5.41) is 2.89. The second kappa shape index (κ2) is 8.84. The fourth-order valence-corrected chi connectivity index (χ4v) is 4.91. The average molecular weight is 405 g/mol. The van der Waals surface area contributed by atoms with E-state index in [4.69, 9.17) is 0 Å². The topological polar surface area (TPSA) is 66.5 Å². The van der Waals surface area contributed by atoms with E-state index in [1.54, 1.807) is 0 Å². The summed E-state index contributed by atoms with van der Waals surface area (Å²) in [6.45, 7) is 2.78. The van der Waals surface area contributed by atoms with Crippen molar-refractivity contribution in [3.63, 3.8) is 0 Å². The third-order valence-corrected chi connectivity index (χ3v) is 7.02. The Morgan fingerprint density at radius 2 is 1.82 bits per heavy atom. The fourth-order valence-electron chi connectivity index (χ4n) is 3.41. The van der Waals surface area contributed by atoms with Crippen molar-refractivity contribution in [2.75, 3.05) is 18.4 Å². The molecule has 0 bridgehead atoms. The number of aryl methyl sites for hydroxylation is 1. The number of rotatable bonds is 6. The molecule has 0 saturated carbocycles. The molecular formula is C21H25FN2O3S. The molecular weight excluding hydrogens is 379 g/mol. The molecule has 28 heavy (non-hydrogen) atoms. The number of anilines is 1. The van der Waals surface area contributed by atoms with E-state index in [0.717, 1.165) is 23.7 Å². The lowest BCUT2D eigenvalue weighted by atomic mass is 9.93. The number of amides is 1. The minimum absolute atomic E-state index is 0.0107. The van der Waals surface area contributed by atoms with E-state index in [1.165, 1.54) is 22.5 Å². The van der Waals surface area contributed by atoms with Crippen molar-refractivity contribution in [3.05, 3.63) is 59.9 Å². The minimum atomic E-state index is -3.67. The third kappa shape index (κ3) is 5.17. The van der Waals surface area contributed by atoms with Gasteiger partial charge in [0.05, 0.1) is 4.90 Å². The predicted molar refractivity (Wildman–Crippen MR) is 107 cm³/mol. The van der Waals surface area contributed by atoms with Gasteiger partial charge in [0.25, 0.3) is 0 Å². The normalized spacial score (nSPS) is 16.1. The molecule has 1 heterocycles. The SMILES string of the molecule is Cc1ccc(NC(=O)CCC2CCN(S(=O)(=O)c3cccc(F)c3)CC2)cc1. The molecule has 2 aromatic carbocycles. The molecule has 1 aliphatic heterocycles. The maximum atomic E-state index is 13.4. The molecule has 0 aromatic heterocycles. The lowest BCUT2D eigenvalue weighted by Gasteiger charge is -2.31. The first-order valence-corrected chi connectivity index (χ1v) is 10.9. The molecule has 0 unspecified atom stereocenters. The van der Waals surface area contributed by atoms with Crippen LogP contribution in [0.3, 0.4) is 0 Å². The van der Waals surface area contributed by atoms with Gasteiger partial charge < -0.3 is 5.32 Å². The highest BCUT2D eigenvalue weighted by Crippen LogP contribution is 2.27. The molecule has 3 rings (SSSR count). The highest BCUT2D eigenvalue weighted by atomic mass is 32.2. The monoisotopic (exact) mass is 404 g/mol. The van der Waals surface area contributed by atoms with Crippen LogP contribution in [0.1, 0.15) is 31.2 Å². The van der Waals surface area contributed by atoms with Crippen molar-refractivity contribution in [2.24, 2.45) is 5.92 Å². The highest BCUT2D eigenvalue weighted by molar-refractivity contribution is 7.89. The van der Waals surface area contributed by atoms with Crippen molar-refractivity contribution >= 4 is 21.6 Å². The van der Waals surface area contributed by atoms with Crippen LogP contribution in [0.4, 0.5) is 10.1 Å². The van der Waals surface area contributed by atoms with Crippen molar-refractivity contribution in [1.82, 2.24) is 4.31 Å². The Morgan fingerprint density at radius 1 is 1.14 bits per heavy atom. The predicted octanol–water partition coefficient (Wildman–Crippen LogP) is 3.95. The summed E-state index contributed by atoms with van der Waals surface area (Å²) in [4.78, 5) is 12.1. The number of halogens is 1. The van der Waals surface area contributed by atoms with Crippen molar-refractivity contribution < 1.29 is 17.6 Å². The Morgan fingerprint density at radius 3 is 2.46 bits per heavy atom. The molecule has 1 saturated heterocycles. The van der Waals surface area contributed by atoms with Gasteiger partial charge in [0.1, 0.15) is 5.82 Å². The lowest BCUT2D eigenvalue weighted by Crippen LogP contribution is -2.38. The zero-order valence-corrected chi connectivity index (χ0v) is 16.7. The lowest BCUT2D eigenvalue weighted by molar-refractivity contribution is -0.116. The third-order valence-electron chi connectivity index (χ3n) is 5.12. The summed E-state index contributed by atoms with van der Waals surface area (Å²) < 4.78 is 40.0. The molecule has 0 aliphatic carbocycles. The van der Waals surface area contributed by atoms with Gasteiger partial charge in [-0.15, -0.1) is 0 Å². The molecule has 1 N–H and O–H groups in total. The number of benzene rings is 2. The molecule has 7 heteroatoms. The van der Waals surface area contributed by atoms with Crippen molar-refractivity contribution in [3.8, 4) is 0 Å².